The Bertz CT molecular complexity index is 1130. The second-order valence-corrected chi connectivity index (χ2v) is 6.85. The van der Waals surface area contributed by atoms with Crippen LogP contribution in [-0.2, 0) is 6.54 Å². The van der Waals surface area contributed by atoms with Gasteiger partial charge in [0.15, 0.2) is 0 Å². The Morgan fingerprint density at radius 2 is 1.96 bits per heavy atom. The van der Waals surface area contributed by atoms with E-state index >= 15 is 0 Å². The Balaban J connectivity index is 1.61. The van der Waals surface area contributed by atoms with E-state index in [4.69, 9.17) is 0 Å². The number of aromatic nitrogens is 6. The maximum atomic E-state index is 13.0. The third-order valence-electron chi connectivity index (χ3n) is 4.48. The lowest BCUT2D eigenvalue weighted by Gasteiger charge is -2.16. The van der Waals surface area contributed by atoms with Crippen LogP contribution in [0.5, 0.6) is 0 Å². The Hall–Kier alpha value is -3.55. The van der Waals surface area contributed by atoms with E-state index in [1.54, 1.807) is 6.07 Å². The zero-order valence-electron chi connectivity index (χ0n) is 16.0. The molecule has 8 nitrogen and oxygen atoms in total. The number of hydrogen-bond acceptors (Lipinski definition) is 5. The topological polar surface area (TPSA) is 90.0 Å². The van der Waals surface area contributed by atoms with Crippen molar-refractivity contribution in [3.63, 3.8) is 0 Å². The van der Waals surface area contributed by atoms with Gasteiger partial charge in [-0.2, -0.15) is 19.7 Å². The Kier molecular flexibility index (Phi) is 4.60. The van der Waals surface area contributed by atoms with E-state index in [2.05, 4.69) is 25.5 Å². The fourth-order valence-corrected chi connectivity index (χ4v) is 3.19. The Labute approximate surface area is 162 Å². The molecule has 0 saturated heterocycles. The van der Waals surface area contributed by atoms with E-state index < -0.39 is 0 Å². The minimum atomic E-state index is -0.232. The molecule has 0 spiro atoms. The van der Waals surface area contributed by atoms with Gasteiger partial charge in [-0.3, -0.25) is 9.48 Å². The smallest absolute Gasteiger partial charge is 0.270 e. The summed E-state index contributed by atoms with van der Waals surface area (Å²) in [4.78, 5) is 21.6. The average Bonchev–Trinajstić information content (AvgIpc) is 3.27. The number of benzene rings is 1. The molecule has 1 aromatic carbocycles. The fraction of sp³-hybridized carbons (Fsp3) is 0.250. The van der Waals surface area contributed by atoms with Crippen LogP contribution in [0.2, 0.25) is 0 Å². The molecule has 4 aromatic rings. The number of amides is 1. The highest BCUT2D eigenvalue weighted by molar-refractivity contribution is 5.94. The zero-order valence-corrected chi connectivity index (χ0v) is 16.0. The Morgan fingerprint density at radius 3 is 2.68 bits per heavy atom. The molecule has 1 N–H and O–H groups in total. The molecule has 1 atom stereocenters. The van der Waals surface area contributed by atoms with Gasteiger partial charge in [-0.25, -0.2) is 4.98 Å². The summed E-state index contributed by atoms with van der Waals surface area (Å²) < 4.78 is 3.35. The maximum Gasteiger partial charge on any atom is 0.270 e. The van der Waals surface area contributed by atoms with Gasteiger partial charge in [-0.05, 0) is 32.9 Å². The molecule has 0 radical (unpaired) electrons. The predicted molar refractivity (Wildman–Crippen MR) is 105 cm³/mol. The number of nitrogens with zero attached hydrogens (tertiary/aromatic N) is 6. The van der Waals surface area contributed by atoms with Crippen LogP contribution in [0.15, 0.2) is 48.8 Å². The Morgan fingerprint density at radius 1 is 1.18 bits per heavy atom. The van der Waals surface area contributed by atoms with Crippen LogP contribution in [0.25, 0.3) is 17.0 Å². The molecular formula is C20H21N7O. The first kappa shape index (κ1) is 17.8. The van der Waals surface area contributed by atoms with E-state index in [9.17, 15) is 4.79 Å². The van der Waals surface area contributed by atoms with Gasteiger partial charge >= 0.3 is 0 Å². The minimum absolute atomic E-state index is 0.114. The second-order valence-electron chi connectivity index (χ2n) is 6.85. The number of aryl methyl sites for hydroxylation is 2. The van der Waals surface area contributed by atoms with Gasteiger partial charge in [-0.1, -0.05) is 30.3 Å². The molecule has 1 amide bonds. The van der Waals surface area contributed by atoms with Gasteiger partial charge in [-0.15, -0.1) is 0 Å². The molecule has 0 aliphatic rings. The summed E-state index contributed by atoms with van der Waals surface area (Å²) in [7, 11) is 0. The van der Waals surface area contributed by atoms with Crippen LogP contribution in [0.3, 0.4) is 0 Å². The van der Waals surface area contributed by atoms with Crippen molar-refractivity contribution < 1.29 is 4.79 Å². The van der Waals surface area contributed by atoms with Crippen molar-refractivity contribution in [3.05, 3.63) is 65.9 Å². The first-order chi connectivity index (χ1) is 13.5. The summed E-state index contributed by atoms with van der Waals surface area (Å²) in [5.41, 5.74) is 4.01. The summed E-state index contributed by atoms with van der Waals surface area (Å²) in [5, 5.41) is 11.6. The highest BCUT2D eigenvalue weighted by Gasteiger charge is 2.18. The summed E-state index contributed by atoms with van der Waals surface area (Å²) >= 11 is 0. The van der Waals surface area contributed by atoms with E-state index in [-0.39, 0.29) is 11.9 Å². The SMILES string of the molecule is Cc1cc(C)n(C[C@H](C)NC(=O)c2cc(-c3ccccc3)nc3ncnn23)n1. The molecule has 142 valence electrons. The van der Waals surface area contributed by atoms with Crippen LogP contribution in [0.4, 0.5) is 0 Å². The molecular weight excluding hydrogens is 354 g/mol. The van der Waals surface area contributed by atoms with Gasteiger partial charge in [0.25, 0.3) is 11.7 Å². The molecule has 0 fully saturated rings. The van der Waals surface area contributed by atoms with Crippen molar-refractivity contribution >= 4 is 11.7 Å². The first-order valence-corrected chi connectivity index (χ1v) is 9.09. The third kappa shape index (κ3) is 3.48. The van der Waals surface area contributed by atoms with Crippen molar-refractivity contribution in [2.24, 2.45) is 0 Å². The van der Waals surface area contributed by atoms with Crippen LogP contribution < -0.4 is 5.32 Å². The van der Waals surface area contributed by atoms with Crippen molar-refractivity contribution in [2.75, 3.05) is 0 Å². The van der Waals surface area contributed by atoms with Gasteiger partial charge in [0.1, 0.15) is 12.0 Å². The molecule has 0 saturated carbocycles. The molecule has 0 bridgehead atoms. The summed E-state index contributed by atoms with van der Waals surface area (Å²) in [6.45, 7) is 6.49. The molecule has 0 aliphatic carbocycles. The van der Waals surface area contributed by atoms with Crippen molar-refractivity contribution in [3.8, 4) is 11.3 Å². The van der Waals surface area contributed by atoms with Crippen molar-refractivity contribution in [2.45, 2.75) is 33.4 Å². The normalized spacial score (nSPS) is 12.2. The standard InChI is InChI=1S/C20H21N7O/c1-13-9-15(3)26(25-13)11-14(2)23-19(28)18-10-17(16-7-5-4-6-8-16)24-20-21-12-22-27(18)20/h4-10,12,14H,11H2,1-3H3,(H,23,28)/t14-/m0/s1. The number of carbonyl (C=O) groups excluding carboxylic acids is 1. The lowest BCUT2D eigenvalue weighted by molar-refractivity contribution is 0.0928. The maximum absolute atomic E-state index is 13.0. The van der Waals surface area contributed by atoms with Crippen LogP contribution in [-0.4, -0.2) is 41.3 Å². The average molecular weight is 375 g/mol. The molecule has 3 aromatic heterocycles. The van der Waals surface area contributed by atoms with Crippen LogP contribution in [0, 0.1) is 13.8 Å². The lowest BCUT2D eigenvalue weighted by atomic mass is 10.1. The third-order valence-corrected chi connectivity index (χ3v) is 4.48. The summed E-state index contributed by atoms with van der Waals surface area (Å²) in [5.74, 6) is 0.154. The monoisotopic (exact) mass is 375 g/mol. The van der Waals surface area contributed by atoms with Gasteiger partial charge in [0.2, 0.25) is 0 Å². The zero-order chi connectivity index (χ0) is 19.7. The van der Waals surface area contributed by atoms with E-state index in [0.717, 1.165) is 17.0 Å². The van der Waals surface area contributed by atoms with Crippen molar-refractivity contribution in [1.82, 2.24) is 34.7 Å². The molecule has 3 heterocycles. The largest absolute Gasteiger partial charge is 0.346 e. The predicted octanol–water partition coefficient (Wildman–Crippen LogP) is 2.42. The van der Waals surface area contributed by atoms with Gasteiger partial charge in [0.05, 0.1) is 17.9 Å². The summed E-state index contributed by atoms with van der Waals surface area (Å²) in [6, 6.07) is 13.3. The summed E-state index contributed by atoms with van der Waals surface area (Å²) in [6.07, 6.45) is 1.40. The molecule has 4 rings (SSSR count). The lowest BCUT2D eigenvalue weighted by Crippen LogP contribution is -2.37. The molecule has 0 unspecified atom stereocenters. The number of fused-ring (bicyclic) bond motifs is 1. The molecule has 0 aliphatic heterocycles. The van der Waals surface area contributed by atoms with E-state index in [1.165, 1.54) is 10.8 Å². The van der Waals surface area contributed by atoms with Crippen LogP contribution >= 0.6 is 0 Å². The molecule has 8 heteroatoms. The van der Waals surface area contributed by atoms with E-state index in [0.29, 0.717) is 23.7 Å². The number of hydrogen-bond donors (Lipinski definition) is 1. The number of rotatable bonds is 5. The highest BCUT2D eigenvalue weighted by Crippen LogP contribution is 2.18. The minimum Gasteiger partial charge on any atom is -0.346 e. The number of nitrogens with one attached hydrogen (secondary N) is 1. The van der Waals surface area contributed by atoms with E-state index in [1.807, 2.05) is 61.9 Å². The quantitative estimate of drug-likeness (QED) is 0.579. The highest BCUT2D eigenvalue weighted by atomic mass is 16.2. The first-order valence-electron chi connectivity index (χ1n) is 9.09. The second kappa shape index (κ2) is 7.22. The van der Waals surface area contributed by atoms with Gasteiger partial charge in [0, 0.05) is 17.3 Å². The number of carbonyl (C=O) groups is 1. The van der Waals surface area contributed by atoms with Crippen LogP contribution in [0.1, 0.15) is 28.8 Å². The van der Waals surface area contributed by atoms with Gasteiger partial charge < -0.3 is 5.32 Å². The molecule has 28 heavy (non-hydrogen) atoms. The fourth-order valence-electron chi connectivity index (χ4n) is 3.19. The van der Waals surface area contributed by atoms with Crippen molar-refractivity contribution in [1.29, 1.82) is 0 Å².